The second-order valence-corrected chi connectivity index (χ2v) is 7.99. The Morgan fingerprint density at radius 2 is 2.10 bits per heavy atom. The molecule has 21 heavy (non-hydrogen) atoms. The summed E-state index contributed by atoms with van der Waals surface area (Å²) < 4.78 is 24.6. The van der Waals surface area contributed by atoms with E-state index in [0.717, 1.165) is 12.7 Å². The number of thioether (sulfide) groups is 1. The SMILES string of the molecule is CSCCC(NC(=O)C1CCCCN1S(C)(=O)=O)C(=O)O. The van der Waals surface area contributed by atoms with E-state index in [0.29, 0.717) is 31.6 Å². The van der Waals surface area contributed by atoms with Crippen LogP contribution >= 0.6 is 11.8 Å². The van der Waals surface area contributed by atoms with Crippen LogP contribution in [0.25, 0.3) is 0 Å². The van der Waals surface area contributed by atoms with Crippen molar-refractivity contribution in [3.63, 3.8) is 0 Å². The van der Waals surface area contributed by atoms with Crippen molar-refractivity contribution >= 4 is 33.7 Å². The van der Waals surface area contributed by atoms with Crippen molar-refractivity contribution in [2.45, 2.75) is 37.8 Å². The fourth-order valence-electron chi connectivity index (χ4n) is 2.32. The molecular weight excluding hydrogens is 316 g/mol. The summed E-state index contributed by atoms with van der Waals surface area (Å²) in [5.74, 6) is -1.01. The summed E-state index contributed by atoms with van der Waals surface area (Å²) in [6, 6.07) is -1.78. The average molecular weight is 338 g/mol. The molecule has 1 rings (SSSR count). The maximum absolute atomic E-state index is 12.2. The number of nitrogens with one attached hydrogen (secondary N) is 1. The van der Waals surface area contributed by atoms with Crippen molar-refractivity contribution in [3.8, 4) is 0 Å². The summed E-state index contributed by atoms with van der Waals surface area (Å²) >= 11 is 1.49. The number of aliphatic carboxylic acids is 1. The van der Waals surface area contributed by atoms with E-state index >= 15 is 0 Å². The highest BCUT2D eigenvalue weighted by Gasteiger charge is 2.35. The number of hydrogen-bond acceptors (Lipinski definition) is 5. The van der Waals surface area contributed by atoms with Gasteiger partial charge in [-0.05, 0) is 31.3 Å². The summed E-state index contributed by atoms with van der Waals surface area (Å²) in [5.41, 5.74) is 0. The number of amides is 1. The van der Waals surface area contributed by atoms with Gasteiger partial charge < -0.3 is 10.4 Å². The first-order valence-electron chi connectivity index (χ1n) is 6.76. The quantitative estimate of drug-likeness (QED) is 0.683. The Bertz CT molecular complexity index is 480. The topological polar surface area (TPSA) is 104 Å². The lowest BCUT2D eigenvalue weighted by Crippen LogP contribution is -2.54. The van der Waals surface area contributed by atoms with Gasteiger partial charge in [-0.2, -0.15) is 16.1 Å². The van der Waals surface area contributed by atoms with E-state index in [1.54, 1.807) is 0 Å². The lowest BCUT2D eigenvalue weighted by Gasteiger charge is -2.33. The number of rotatable bonds is 7. The smallest absolute Gasteiger partial charge is 0.326 e. The first-order chi connectivity index (χ1) is 9.77. The molecule has 1 amide bonds. The average Bonchev–Trinajstić information content (AvgIpc) is 2.42. The van der Waals surface area contributed by atoms with Gasteiger partial charge in [-0.3, -0.25) is 4.79 Å². The first kappa shape index (κ1) is 18.2. The van der Waals surface area contributed by atoms with Gasteiger partial charge in [-0.15, -0.1) is 0 Å². The molecule has 122 valence electrons. The first-order valence-corrected chi connectivity index (χ1v) is 10.0. The normalized spacial score (nSPS) is 21.7. The van der Waals surface area contributed by atoms with Crippen LogP contribution in [0.15, 0.2) is 0 Å². The van der Waals surface area contributed by atoms with Crippen LogP contribution in [0.4, 0.5) is 0 Å². The molecule has 7 nitrogen and oxygen atoms in total. The van der Waals surface area contributed by atoms with Crippen LogP contribution in [0.1, 0.15) is 25.7 Å². The Morgan fingerprint density at radius 3 is 2.62 bits per heavy atom. The zero-order valence-corrected chi connectivity index (χ0v) is 13.9. The minimum absolute atomic E-state index is 0.305. The van der Waals surface area contributed by atoms with Crippen LogP contribution in [-0.4, -0.2) is 66.6 Å². The zero-order chi connectivity index (χ0) is 16.0. The number of carbonyl (C=O) groups is 2. The summed E-state index contributed by atoms with van der Waals surface area (Å²) in [7, 11) is -3.47. The molecule has 1 aliphatic rings. The standard InChI is InChI=1S/C12H22N2O5S2/c1-20-8-6-9(12(16)17)13-11(15)10-5-3-4-7-14(10)21(2,18)19/h9-10H,3-8H2,1-2H3,(H,13,15)(H,16,17). The molecule has 2 N–H and O–H groups in total. The van der Waals surface area contributed by atoms with Gasteiger partial charge in [0.15, 0.2) is 0 Å². The molecule has 0 aromatic carbocycles. The fraction of sp³-hybridized carbons (Fsp3) is 0.833. The lowest BCUT2D eigenvalue weighted by atomic mass is 10.0. The summed E-state index contributed by atoms with van der Waals surface area (Å²) in [4.78, 5) is 23.4. The second kappa shape index (κ2) is 8.00. The van der Waals surface area contributed by atoms with E-state index < -0.39 is 34.0 Å². The predicted molar refractivity (Wildman–Crippen MR) is 81.8 cm³/mol. The molecular formula is C12H22N2O5S2. The Balaban J connectivity index is 2.77. The Hall–Kier alpha value is -0.800. The third-order valence-corrected chi connectivity index (χ3v) is 5.34. The molecule has 1 saturated heterocycles. The number of carboxylic acids is 1. The number of piperidine rings is 1. The highest BCUT2D eigenvalue weighted by Crippen LogP contribution is 2.20. The highest BCUT2D eigenvalue weighted by atomic mass is 32.2. The maximum Gasteiger partial charge on any atom is 0.326 e. The Labute approximate surface area is 129 Å². The number of nitrogens with zero attached hydrogens (tertiary/aromatic N) is 1. The fourth-order valence-corrected chi connectivity index (χ4v) is 3.92. The molecule has 0 bridgehead atoms. The second-order valence-electron chi connectivity index (χ2n) is 5.07. The summed E-state index contributed by atoms with van der Waals surface area (Å²) in [6.45, 7) is 0.305. The largest absolute Gasteiger partial charge is 0.480 e. The zero-order valence-electron chi connectivity index (χ0n) is 12.2. The lowest BCUT2D eigenvalue weighted by molar-refractivity contribution is -0.142. The van der Waals surface area contributed by atoms with E-state index in [4.69, 9.17) is 5.11 Å². The van der Waals surface area contributed by atoms with Gasteiger partial charge in [-0.25, -0.2) is 13.2 Å². The van der Waals surface area contributed by atoms with Crippen molar-refractivity contribution in [2.75, 3.05) is 24.8 Å². The van der Waals surface area contributed by atoms with Gasteiger partial charge >= 0.3 is 5.97 Å². The molecule has 0 aromatic heterocycles. The van der Waals surface area contributed by atoms with E-state index in [-0.39, 0.29) is 0 Å². The molecule has 0 radical (unpaired) electrons. The monoisotopic (exact) mass is 338 g/mol. The third kappa shape index (κ3) is 5.48. The third-order valence-electron chi connectivity index (χ3n) is 3.41. The van der Waals surface area contributed by atoms with Crippen molar-refractivity contribution < 1.29 is 23.1 Å². The number of carbonyl (C=O) groups excluding carboxylic acids is 1. The van der Waals surface area contributed by atoms with Gasteiger partial charge in [0.2, 0.25) is 15.9 Å². The molecule has 0 aliphatic carbocycles. The van der Waals surface area contributed by atoms with Gasteiger partial charge in [0.05, 0.1) is 6.26 Å². The van der Waals surface area contributed by atoms with E-state index in [2.05, 4.69) is 5.32 Å². The highest BCUT2D eigenvalue weighted by molar-refractivity contribution is 7.98. The number of carboxylic acid groups (broad SMARTS) is 1. The molecule has 0 spiro atoms. The van der Waals surface area contributed by atoms with Crippen molar-refractivity contribution in [1.82, 2.24) is 9.62 Å². The van der Waals surface area contributed by atoms with Crippen molar-refractivity contribution in [3.05, 3.63) is 0 Å². The maximum atomic E-state index is 12.2. The van der Waals surface area contributed by atoms with Gasteiger partial charge in [0.1, 0.15) is 12.1 Å². The van der Waals surface area contributed by atoms with Gasteiger partial charge in [0, 0.05) is 6.54 Å². The van der Waals surface area contributed by atoms with Crippen LogP contribution in [-0.2, 0) is 19.6 Å². The van der Waals surface area contributed by atoms with Gasteiger partial charge in [-0.1, -0.05) is 6.42 Å². The molecule has 0 saturated carbocycles. The summed E-state index contributed by atoms with van der Waals surface area (Å²) in [6.07, 6.45) is 5.13. The van der Waals surface area contributed by atoms with E-state index in [1.165, 1.54) is 16.1 Å². The Morgan fingerprint density at radius 1 is 1.43 bits per heavy atom. The number of hydrogen-bond donors (Lipinski definition) is 2. The molecule has 2 atom stereocenters. The van der Waals surface area contributed by atoms with E-state index in [9.17, 15) is 18.0 Å². The van der Waals surface area contributed by atoms with Gasteiger partial charge in [0.25, 0.3) is 0 Å². The molecule has 1 fully saturated rings. The number of sulfonamides is 1. The van der Waals surface area contributed by atoms with Crippen LogP contribution in [0.3, 0.4) is 0 Å². The minimum atomic E-state index is -3.47. The van der Waals surface area contributed by atoms with E-state index in [1.807, 2.05) is 6.26 Å². The molecule has 9 heteroatoms. The molecule has 0 aromatic rings. The van der Waals surface area contributed by atoms with Crippen LogP contribution in [0.5, 0.6) is 0 Å². The molecule has 2 unspecified atom stereocenters. The predicted octanol–water partition coefficient (Wildman–Crippen LogP) is 0.123. The van der Waals surface area contributed by atoms with Crippen molar-refractivity contribution in [2.24, 2.45) is 0 Å². The Kier molecular flexibility index (Phi) is 6.95. The van der Waals surface area contributed by atoms with Crippen LogP contribution in [0.2, 0.25) is 0 Å². The van der Waals surface area contributed by atoms with Crippen LogP contribution < -0.4 is 5.32 Å². The minimum Gasteiger partial charge on any atom is -0.480 e. The molecule has 1 heterocycles. The van der Waals surface area contributed by atoms with Crippen molar-refractivity contribution in [1.29, 1.82) is 0 Å². The molecule has 1 aliphatic heterocycles. The van der Waals surface area contributed by atoms with Crippen LogP contribution in [0, 0.1) is 0 Å². The summed E-state index contributed by atoms with van der Waals surface area (Å²) in [5, 5.41) is 11.6.